The van der Waals surface area contributed by atoms with E-state index in [0.717, 1.165) is 16.6 Å². The molecule has 1 heterocycles. The molecule has 4 rings (SSSR count). The Balaban J connectivity index is 1.66. The van der Waals surface area contributed by atoms with Crippen molar-refractivity contribution in [1.82, 2.24) is 4.98 Å². The smallest absolute Gasteiger partial charge is 0.255 e. The number of fused-ring (bicyclic) bond motifs is 1. The normalized spacial score (nSPS) is 10.9. The molecule has 1 aromatic heterocycles. The summed E-state index contributed by atoms with van der Waals surface area (Å²) in [6.45, 7) is 1.99. The van der Waals surface area contributed by atoms with Crippen LogP contribution in [0.25, 0.3) is 22.6 Å². The van der Waals surface area contributed by atoms with E-state index in [-0.39, 0.29) is 11.7 Å². The van der Waals surface area contributed by atoms with E-state index in [1.807, 2.05) is 37.3 Å². The number of benzene rings is 3. The van der Waals surface area contributed by atoms with Gasteiger partial charge in [0.25, 0.3) is 5.91 Å². The summed E-state index contributed by atoms with van der Waals surface area (Å²) < 4.78 is 19.6. The first-order valence-corrected chi connectivity index (χ1v) is 9.03. The fourth-order valence-corrected chi connectivity index (χ4v) is 3.05. The van der Waals surface area contributed by atoms with Crippen molar-refractivity contribution in [3.63, 3.8) is 0 Å². The first-order valence-electron chi connectivity index (χ1n) is 8.23. The molecule has 27 heavy (non-hydrogen) atoms. The highest BCUT2D eigenvalue weighted by Gasteiger charge is 2.13. The SMILES string of the molecule is Cc1ccc2nc(-c3ccc(Br)c(NC(=O)c4ccc(F)cc4)c3)oc2c1. The quantitative estimate of drug-likeness (QED) is 0.441. The van der Waals surface area contributed by atoms with Gasteiger partial charge in [0.15, 0.2) is 5.58 Å². The third kappa shape index (κ3) is 3.61. The summed E-state index contributed by atoms with van der Waals surface area (Å²) >= 11 is 3.43. The molecule has 134 valence electrons. The Morgan fingerprint density at radius 1 is 1.07 bits per heavy atom. The number of aryl methyl sites for hydroxylation is 1. The lowest BCUT2D eigenvalue weighted by Crippen LogP contribution is -2.12. The molecule has 6 heteroatoms. The molecule has 0 saturated heterocycles. The maximum atomic E-state index is 13.0. The second-order valence-electron chi connectivity index (χ2n) is 6.15. The number of halogens is 2. The first kappa shape index (κ1) is 17.4. The number of carbonyl (C=O) groups excluding carboxylic acids is 1. The van der Waals surface area contributed by atoms with Gasteiger partial charge in [-0.3, -0.25) is 4.79 Å². The topological polar surface area (TPSA) is 55.1 Å². The van der Waals surface area contributed by atoms with Crippen molar-refractivity contribution in [2.75, 3.05) is 5.32 Å². The van der Waals surface area contributed by atoms with Crippen LogP contribution in [-0.4, -0.2) is 10.9 Å². The van der Waals surface area contributed by atoms with Crippen molar-refractivity contribution in [3.8, 4) is 11.5 Å². The van der Waals surface area contributed by atoms with E-state index >= 15 is 0 Å². The largest absolute Gasteiger partial charge is 0.436 e. The molecule has 1 amide bonds. The lowest BCUT2D eigenvalue weighted by Gasteiger charge is -2.09. The molecule has 1 N–H and O–H groups in total. The summed E-state index contributed by atoms with van der Waals surface area (Å²) in [5.41, 5.74) is 4.25. The minimum absolute atomic E-state index is 0.332. The zero-order valence-corrected chi connectivity index (χ0v) is 15.9. The van der Waals surface area contributed by atoms with Crippen LogP contribution < -0.4 is 5.32 Å². The highest BCUT2D eigenvalue weighted by atomic mass is 79.9. The molecule has 0 fully saturated rings. The van der Waals surface area contributed by atoms with Gasteiger partial charge in [-0.1, -0.05) is 6.07 Å². The van der Waals surface area contributed by atoms with Gasteiger partial charge in [0.1, 0.15) is 11.3 Å². The first-order chi connectivity index (χ1) is 13.0. The van der Waals surface area contributed by atoms with Crippen molar-refractivity contribution in [3.05, 3.63) is 82.1 Å². The number of nitrogens with one attached hydrogen (secondary N) is 1. The van der Waals surface area contributed by atoms with Crippen LogP contribution in [0.2, 0.25) is 0 Å². The molecule has 0 aliphatic carbocycles. The van der Waals surface area contributed by atoms with Gasteiger partial charge in [-0.05, 0) is 83.0 Å². The Morgan fingerprint density at radius 2 is 1.85 bits per heavy atom. The minimum atomic E-state index is -0.388. The van der Waals surface area contributed by atoms with E-state index in [9.17, 15) is 9.18 Å². The Hall–Kier alpha value is -2.99. The van der Waals surface area contributed by atoms with E-state index in [2.05, 4.69) is 26.2 Å². The summed E-state index contributed by atoms with van der Waals surface area (Å²) in [7, 11) is 0. The zero-order chi connectivity index (χ0) is 19.0. The average Bonchev–Trinajstić information content (AvgIpc) is 3.07. The molecule has 4 aromatic rings. The second kappa shape index (κ2) is 6.96. The molecule has 0 aliphatic heterocycles. The predicted octanol–water partition coefficient (Wildman–Crippen LogP) is 5.96. The summed E-state index contributed by atoms with van der Waals surface area (Å²) in [6, 6.07) is 16.6. The van der Waals surface area contributed by atoms with Gasteiger partial charge in [-0.2, -0.15) is 0 Å². The molecule has 0 aliphatic rings. The molecule has 0 spiro atoms. The van der Waals surface area contributed by atoms with Crippen molar-refractivity contribution >= 4 is 38.6 Å². The standard InChI is InChI=1S/C21H14BrFN2O2/c1-12-2-9-17-19(10-12)27-21(25-17)14-5-8-16(22)18(11-14)24-20(26)13-3-6-15(23)7-4-13/h2-11H,1H3,(H,24,26). The lowest BCUT2D eigenvalue weighted by molar-refractivity contribution is 0.102. The van der Waals surface area contributed by atoms with Crippen LogP contribution in [0.1, 0.15) is 15.9 Å². The molecule has 0 bridgehead atoms. The molecular formula is C21H14BrFN2O2. The fourth-order valence-electron chi connectivity index (χ4n) is 2.71. The van der Waals surface area contributed by atoms with Crippen LogP contribution in [0.4, 0.5) is 10.1 Å². The molecule has 3 aromatic carbocycles. The zero-order valence-electron chi connectivity index (χ0n) is 14.3. The van der Waals surface area contributed by atoms with E-state index < -0.39 is 0 Å². The maximum Gasteiger partial charge on any atom is 0.255 e. The third-order valence-corrected chi connectivity index (χ3v) is 4.80. The molecule has 4 nitrogen and oxygen atoms in total. The van der Waals surface area contributed by atoms with Gasteiger partial charge < -0.3 is 9.73 Å². The van der Waals surface area contributed by atoms with Crippen LogP contribution in [0.5, 0.6) is 0 Å². The van der Waals surface area contributed by atoms with Crippen LogP contribution in [-0.2, 0) is 0 Å². The van der Waals surface area contributed by atoms with Crippen molar-refractivity contribution in [1.29, 1.82) is 0 Å². The van der Waals surface area contributed by atoms with Crippen molar-refractivity contribution in [2.45, 2.75) is 6.92 Å². The molecule has 0 saturated carbocycles. The van der Waals surface area contributed by atoms with Gasteiger partial charge in [-0.25, -0.2) is 9.37 Å². The number of hydrogen-bond donors (Lipinski definition) is 1. The minimum Gasteiger partial charge on any atom is -0.436 e. The highest BCUT2D eigenvalue weighted by molar-refractivity contribution is 9.10. The Labute approximate surface area is 163 Å². The Kier molecular flexibility index (Phi) is 4.49. The number of aromatic nitrogens is 1. The summed E-state index contributed by atoms with van der Waals surface area (Å²) in [4.78, 5) is 16.9. The van der Waals surface area contributed by atoms with Crippen molar-refractivity contribution < 1.29 is 13.6 Å². The molecule has 0 radical (unpaired) electrons. The van der Waals surface area contributed by atoms with E-state index in [0.29, 0.717) is 27.2 Å². The number of rotatable bonds is 3. The molecular weight excluding hydrogens is 411 g/mol. The predicted molar refractivity (Wildman–Crippen MR) is 106 cm³/mol. The lowest BCUT2D eigenvalue weighted by atomic mass is 10.1. The third-order valence-electron chi connectivity index (χ3n) is 4.11. The number of anilines is 1. The fraction of sp³-hybridized carbons (Fsp3) is 0.0476. The number of amides is 1. The molecule has 0 unspecified atom stereocenters. The van der Waals surface area contributed by atoms with E-state index in [1.165, 1.54) is 24.3 Å². The summed E-state index contributed by atoms with van der Waals surface area (Å²) in [6.07, 6.45) is 0. The Morgan fingerprint density at radius 3 is 2.63 bits per heavy atom. The molecule has 0 atom stereocenters. The number of hydrogen-bond acceptors (Lipinski definition) is 3. The van der Waals surface area contributed by atoms with Crippen LogP contribution in [0.3, 0.4) is 0 Å². The average molecular weight is 425 g/mol. The van der Waals surface area contributed by atoms with E-state index in [1.54, 1.807) is 6.07 Å². The number of oxazole rings is 1. The van der Waals surface area contributed by atoms with Gasteiger partial charge in [0.05, 0.1) is 5.69 Å². The van der Waals surface area contributed by atoms with E-state index in [4.69, 9.17) is 4.42 Å². The summed E-state index contributed by atoms with van der Waals surface area (Å²) in [5, 5.41) is 2.82. The van der Waals surface area contributed by atoms with Gasteiger partial charge in [0.2, 0.25) is 5.89 Å². The van der Waals surface area contributed by atoms with Gasteiger partial charge in [-0.15, -0.1) is 0 Å². The monoisotopic (exact) mass is 424 g/mol. The Bertz CT molecular complexity index is 1150. The van der Waals surface area contributed by atoms with Crippen LogP contribution in [0.15, 0.2) is 69.6 Å². The number of carbonyl (C=O) groups is 1. The summed E-state index contributed by atoms with van der Waals surface area (Å²) in [5.74, 6) is -0.248. The second-order valence-corrected chi connectivity index (χ2v) is 7.00. The van der Waals surface area contributed by atoms with Crippen molar-refractivity contribution in [2.24, 2.45) is 0 Å². The van der Waals surface area contributed by atoms with Gasteiger partial charge >= 0.3 is 0 Å². The maximum absolute atomic E-state index is 13.0. The van der Waals surface area contributed by atoms with Gasteiger partial charge in [0, 0.05) is 15.6 Å². The van der Waals surface area contributed by atoms with Crippen LogP contribution in [0, 0.1) is 12.7 Å². The van der Waals surface area contributed by atoms with Crippen LogP contribution >= 0.6 is 15.9 Å². The number of nitrogens with zero attached hydrogens (tertiary/aromatic N) is 1. The highest BCUT2D eigenvalue weighted by Crippen LogP contribution is 2.31.